The first kappa shape index (κ1) is 17.4. The first-order valence-corrected chi connectivity index (χ1v) is 9.74. The molecule has 0 amide bonds. The predicted molar refractivity (Wildman–Crippen MR) is 115 cm³/mol. The Labute approximate surface area is 169 Å². The summed E-state index contributed by atoms with van der Waals surface area (Å²) in [6, 6.07) is 22.8. The van der Waals surface area contributed by atoms with Crippen LogP contribution in [0.2, 0.25) is 0 Å². The zero-order valence-corrected chi connectivity index (χ0v) is 16.2. The molecule has 5 nitrogen and oxygen atoms in total. The highest BCUT2D eigenvalue weighted by molar-refractivity contribution is 5.86. The minimum Gasteiger partial charge on any atom is -0.325 e. The Hall–Kier alpha value is -3.73. The van der Waals surface area contributed by atoms with Gasteiger partial charge in [-0.2, -0.15) is 5.10 Å². The highest BCUT2D eigenvalue weighted by Crippen LogP contribution is 2.34. The monoisotopic (exact) mass is 379 g/mol. The summed E-state index contributed by atoms with van der Waals surface area (Å²) in [4.78, 5) is 9.49. The second-order valence-electron chi connectivity index (χ2n) is 7.21. The number of aromatic nitrogens is 5. The van der Waals surface area contributed by atoms with Crippen LogP contribution in [0.25, 0.3) is 33.4 Å². The molecule has 3 heterocycles. The molecule has 142 valence electrons. The number of benzene rings is 2. The summed E-state index contributed by atoms with van der Waals surface area (Å²) in [5.74, 6) is 0. The van der Waals surface area contributed by atoms with Gasteiger partial charge in [-0.1, -0.05) is 48.5 Å². The fourth-order valence-electron chi connectivity index (χ4n) is 3.76. The average Bonchev–Trinajstić information content (AvgIpc) is 3.44. The van der Waals surface area contributed by atoms with Crippen molar-refractivity contribution < 1.29 is 0 Å². The molecule has 0 bridgehead atoms. The maximum absolute atomic E-state index is 4.80. The zero-order valence-electron chi connectivity index (χ0n) is 16.2. The van der Waals surface area contributed by atoms with E-state index in [4.69, 9.17) is 4.98 Å². The van der Waals surface area contributed by atoms with E-state index >= 15 is 0 Å². The van der Waals surface area contributed by atoms with Gasteiger partial charge in [-0.3, -0.25) is 9.67 Å². The summed E-state index contributed by atoms with van der Waals surface area (Å²) in [5.41, 5.74) is 5.20. The van der Waals surface area contributed by atoms with Crippen LogP contribution in [0, 0.1) is 0 Å². The number of imidazole rings is 1. The first-order chi connectivity index (χ1) is 14.3. The van der Waals surface area contributed by atoms with Crippen molar-refractivity contribution >= 4 is 10.9 Å². The van der Waals surface area contributed by atoms with Crippen LogP contribution in [-0.4, -0.2) is 24.3 Å². The van der Waals surface area contributed by atoms with Crippen molar-refractivity contribution in [3.8, 4) is 22.5 Å². The van der Waals surface area contributed by atoms with Crippen LogP contribution in [-0.2, 0) is 6.54 Å². The molecule has 5 rings (SSSR count). The van der Waals surface area contributed by atoms with Crippen LogP contribution in [0.3, 0.4) is 0 Å². The lowest BCUT2D eigenvalue weighted by Crippen LogP contribution is -2.14. The Bertz CT molecular complexity index is 1240. The zero-order chi connectivity index (χ0) is 19.6. The second kappa shape index (κ2) is 7.36. The minimum absolute atomic E-state index is 0.182. The number of fused-ring (bicyclic) bond motifs is 1. The van der Waals surface area contributed by atoms with E-state index in [2.05, 4.69) is 45.8 Å². The van der Waals surface area contributed by atoms with Gasteiger partial charge in [0, 0.05) is 35.1 Å². The largest absolute Gasteiger partial charge is 0.325 e. The van der Waals surface area contributed by atoms with Gasteiger partial charge in [0.15, 0.2) is 0 Å². The van der Waals surface area contributed by atoms with Gasteiger partial charge in [0.05, 0.1) is 35.8 Å². The van der Waals surface area contributed by atoms with E-state index in [1.54, 1.807) is 0 Å². The van der Waals surface area contributed by atoms with Crippen LogP contribution >= 0.6 is 0 Å². The summed E-state index contributed by atoms with van der Waals surface area (Å²) in [6.07, 6.45) is 7.68. The second-order valence-corrected chi connectivity index (χ2v) is 7.21. The molecule has 0 N–H and O–H groups in total. The molecule has 1 atom stereocenters. The van der Waals surface area contributed by atoms with Gasteiger partial charge in [-0.25, -0.2) is 4.98 Å². The van der Waals surface area contributed by atoms with Gasteiger partial charge < -0.3 is 4.57 Å². The molecule has 2 aromatic carbocycles. The Morgan fingerprint density at radius 2 is 1.72 bits per heavy atom. The maximum atomic E-state index is 4.80. The van der Waals surface area contributed by atoms with E-state index < -0.39 is 0 Å². The number of hydrogen-bond acceptors (Lipinski definition) is 3. The molecule has 29 heavy (non-hydrogen) atoms. The molecule has 0 aliphatic heterocycles. The molecule has 1 unspecified atom stereocenters. The molecule has 0 aliphatic rings. The third-order valence-corrected chi connectivity index (χ3v) is 5.19. The predicted octanol–water partition coefficient (Wildman–Crippen LogP) is 5.22. The fraction of sp³-hybridized carbons (Fsp3) is 0.125. The standard InChI is InChI=1S/C24H21N5/c1-18(16-28-13-7-12-27-28)29-17-26-23(19-8-3-2-4-9-19)24(29)21-14-20-10-5-6-11-22(20)25-15-21/h2-15,17-18H,16H2,1H3. The number of nitrogens with zero attached hydrogens (tertiary/aromatic N) is 5. The van der Waals surface area contributed by atoms with E-state index in [-0.39, 0.29) is 6.04 Å². The lowest BCUT2D eigenvalue weighted by Gasteiger charge is -2.18. The highest BCUT2D eigenvalue weighted by Gasteiger charge is 2.19. The lowest BCUT2D eigenvalue weighted by atomic mass is 10.0. The van der Waals surface area contributed by atoms with Crippen LogP contribution in [0.15, 0.2) is 91.6 Å². The molecular formula is C24H21N5. The van der Waals surface area contributed by atoms with Crippen molar-refractivity contribution in [2.24, 2.45) is 0 Å². The summed E-state index contributed by atoms with van der Waals surface area (Å²) < 4.78 is 4.19. The van der Waals surface area contributed by atoms with Crippen LogP contribution < -0.4 is 0 Å². The van der Waals surface area contributed by atoms with Gasteiger partial charge in [0.2, 0.25) is 0 Å². The summed E-state index contributed by atoms with van der Waals surface area (Å²) in [7, 11) is 0. The third-order valence-electron chi connectivity index (χ3n) is 5.19. The van der Waals surface area contributed by atoms with Crippen LogP contribution in [0.5, 0.6) is 0 Å². The summed E-state index contributed by atoms with van der Waals surface area (Å²) in [5, 5.41) is 5.48. The quantitative estimate of drug-likeness (QED) is 0.420. The minimum atomic E-state index is 0.182. The molecule has 0 saturated heterocycles. The smallest absolute Gasteiger partial charge is 0.0963 e. The number of hydrogen-bond donors (Lipinski definition) is 0. The van der Waals surface area contributed by atoms with E-state index in [0.717, 1.165) is 40.0 Å². The summed E-state index contributed by atoms with van der Waals surface area (Å²) in [6.45, 7) is 2.96. The van der Waals surface area contributed by atoms with Crippen molar-refractivity contribution in [3.05, 3.63) is 91.6 Å². The molecule has 3 aromatic heterocycles. The third kappa shape index (κ3) is 3.31. The van der Waals surface area contributed by atoms with E-state index in [1.165, 1.54) is 0 Å². The van der Waals surface area contributed by atoms with Crippen molar-refractivity contribution in [1.82, 2.24) is 24.3 Å². The van der Waals surface area contributed by atoms with Crippen molar-refractivity contribution in [3.63, 3.8) is 0 Å². The molecule has 0 radical (unpaired) electrons. The number of rotatable bonds is 5. The van der Waals surface area contributed by atoms with Crippen LogP contribution in [0.1, 0.15) is 13.0 Å². The topological polar surface area (TPSA) is 48.5 Å². The van der Waals surface area contributed by atoms with Gasteiger partial charge in [-0.05, 0) is 25.1 Å². The number of para-hydroxylation sites is 1. The molecule has 0 fully saturated rings. The summed E-state index contributed by atoms with van der Waals surface area (Å²) >= 11 is 0. The molecule has 5 aromatic rings. The Kier molecular flexibility index (Phi) is 4.41. The van der Waals surface area contributed by atoms with E-state index in [9.17, 15) is 0 Å². The van der Waals surface area contributed by atoms with Crippen molar-refractivity contribution in [1.29, 1.82) is 0 Å². The Morgan fingerprint density at radius 3 is 2.55 bits per heavy atom. The molecular weight excluding hydrogens is 358 g/mol. The highest BCUT2D eigenvalue weighted by atomic mass is 15.3. The van der Waals surface area contributed by atoms with E-state index in [1.807, 2.05) is 72.1 Å². The molecule has 0 aliphatic carbocycles. The van der Waals surface area contributed by atoms with Gasteiger partial charge >= 0.3 is 0 Å². The molecule has 0 spiro atoms. The normalized spacial score (nSPS) is 12.3. The SMILES string of the molecule is CC(Cn1cccn1)n1cnc(-c2ccccc2)c1-c1cnc2ccccc2c1. The maximum Gasteiger partial charge on any atom is 0.0963 e. The van der Waals surface area contributed by atoms with Crippen molar-refractivity contribution in [2.75, 3.05) is 0 Å². The van der Waals surface area contributed by atoms with Gasteiger partial charge in [0.1, 0.15) is 0 Å². The van der Waals surface area contributed by atoms with E-state index in [0.29, 0.717) is 0 Å². The van der Waals surface area contributed by atoms with Gasteiger partial charge in [0.25, 0.3) is 0 Å². The number of pyridine rings is 1. The van der Waals surface area contributed by atoms with Crippen LogP contribution in [0.4, 0.5) is 0 Å². The van der Waals surface area contributed by atoms with Crippen molar-refractivity contribution in [2.45, 2.75) is 19.5 Å². The first-order valence-electron chi connectivity index (χ1n) is 9.74. The Balaban J connectivity index is 1.66. The fourth-order valence-corrected chi connectivity index (χ4v) is 3.76. The average molecular weight is 379 g/mol. The molecule has 5 heteroatoms. The lowest BCUT2D eigenvalue weighted by molar-refractivity contribution is 0.440. The molecule has 0 saturated carbocycles. The van der Waals surface area contributed by atoms with Gasteiger partial charge in [-0.15, -0.1) is 0 Å². The Morgan fingerprint density at radius 1 is 0.897 bits per heavy atom.